The molecule has 0 radical (unpaired) electrons. The summed E-state index contributed by atoms with van der Waals surface area (Å²) in [5.41, 5.74) is -1.40. The molecule has 0 saturated heterocycles. The minimum Gasteiger partial charge on any atom is -0.503 e. The van der Waals surface area contributed by atoms with Gasteiger partial charge in [-0.15, -0.1) is 0 Å². The van der Waals surface area contributed by atoms with Gasteiger partial charge < -0.3 is 10.1 Å². The van der Waals surface area contributed by atoms with Gasteiger partial charge in [0.2, 0.25) is 5.43 Å². The molecule has 2 aromatic heterocycles. The third-order valence-corrected chi connectivity index (χ3v) is 5.09. The lowest BCUT2D eigenvalue weighted by molar-refractivity contribution is 0.469. The van der Waals surface area contributed by atoms with Crippen molar-refractivity contribution in [2.45, 2.75) is 19.9 Å². The van der Waals surface area contributed by atoms with Crippen LogP contribution in [0.4, 0.5) is 8.78 Å². The molecule has 3 rings (SSSR count). The minimum atomic E-state index is -3.30. The highest BCUT2D eigenvalue weighted by Gasteiger charge is 2.23. The molecule has 0 spiro atoms. The molecule has 2 heterocycles. The van der Waals surface area contributed by atoms with Crippen LogP contribution in [-0.2, 0) is 22.8 Å². The van der Waals surface area contributed by atoms with E-state index in [1.807, 2.05) is 0 Å². The number of pyridine rings is 1. The first kappa shape index (κ1) is 19.0. The lowest BCUT2D eigenvalue weighted by Gasteiger charge is -2.09. The molecule has 7 nitrogen and oxygen atoms in total. The summed E-state index contributed by atoms with van der Waals surface area (Å²) in [4.78, 5) is 15.3. The number of hydrogen-bond acceptors (Lipinski definition) is 5. The van der Waals surface area contributed by atoms with Crippen LogP contribution < -0.4 is 5.43 Å². The van der Waals surface area contributed by atoms with Gasteiger partial charge >= 0.3 is 0 Å². The molecule has 0 amide bonds. The smallest absolute Gasteiger partial charge is 0.235 e. The Bertz CT molecular complexity index is 1180. The number of benzene rings is 1. The Balaban J connectivity index is 2.32. The number of nitrogens with zero attached hydrogens (tertiary/aromatic N) is 2. The lowest BCUT2D eigenvalue weighted by atomic mass is 10.1. The molecule has 0 aliphatic heterocycles. The van der Waals surface area contributed by atoms with Crippen LogP contribution in [0, 0.1) is 11.6 Å². The van der Waals surface area contributed by atoms with Gasteiger partial charge in [0.1, 0.15) is 27.1 Å². The number of rotatable bonds is 5. The molecule has 0 fully saturated rings. The Kier molecular flexibility index (Phi) is 4.77. The number of sulfone groups is 1. The van der Waals surface area contributed by atoms with Crippen LogP contribution in [0.1, 0.15) is 12.6 Å². The first-order valence-electron chi connectivity index (χ1n) is 8.10. The van der Waals surface area contributed by atoms with E-state index in [0.29, 0.717) is 12.1 Å². The highest BCUT2D eigenvalue weighted by atomic mass is 32.2. The third kappa shape index (κ3) is 3.44. The van der Waals surface area contributed by atoms with Crippen molar-refractivity contribution in [3.8, 4) is 17.0 Å². The maximum Gasteiger partial charge on any atom is 0.235 e. The van der Waals surface area contributed by atoms with E-state index in [1.165, 1.54) is 4.68 Å². The molecule has 0 bridgehead atoms. The molecular formula is C17H17F2N3O4S. The van der Waals surface area contributed by atoms with Gasteiger partial charge in [0.15, 0.2) is 5.75 Å². The molecule has 144 valence electrons. The SMILES string of the molecule is CCc1nn(CCS(C)(=O)=O)c2[nH]c(-c3c(F)cccc3F)c(O)c(=O)c12. The van der Waals surface area contributed by atoms with Gasteiger partial charge in [-0.05, 0) is 18.6 Å². The second-order valence-corrected chi connectivity index (χ2v) is 8.41. The summed E-state index contributed by atoms with van der Waals surface area (Å²) in [6, 6.07) is 3.16. The zero-order valence-corrected chi connectivity index (χ0v) is 15.4. The summed E-state index contributed by atoms with van der Waals surface area (Å²) >= 11 is 0. The van der Waals surface area contributed by atoms with Gasteiger partial charge in [0, 0.05) is 6.26 Å². The number of aromatic hydroxyl groups is 1. The summed E-state index contributed by atoms with van der Waals surface area (Å²) in [5.74, 6) is -2.99. The molecule has 0 aliphatic carbocycles. The van der Waals surface area contributed by atoms with E-state index >= 15 is 0 Å². The van der Waals surface area contributed by atoms with Gasteiger partial charge in [0.05, 0.1) is 34.6 Å². The average Bonchev–Trinajstić information content (AvgIpc) is 2.94. The predicted molar refractivity (Wildman–Crippen MR) is 96.5 cm³/mol. The largest absolute Gasteiger partial charge is 0.503 e. The molecule has 27 heavy (non-hydrogen) atoms. The minimum absolute atomic E-state index is 0.0593. The van der Waals surface area contributed by atoms with Crippen molar-refractivity contribution in [2.24, 2.45) is 0 Å². The zero-order chi connectivity index (χ0) is 19.9. The molecular weight excluding hydrogens is 380 g/mol. The van der Waals surface area contributed by atoms with Gasteiger partial charge in [-0.1, -0.05) is 13.0 Å². The van der Waals surface area contributed by atoms with Crippen LogP contribution >= 0.6 is 0 Å². The molecule has 0 atom stereocenters. The summed E-state index contributed by atoms with van der Waals surface area (Å²) < 4.78 is 52.5. The van der Waals surface area contributed by atoms with Gasteiger partial charge in [-0.3, -0.25) is 4.79 Å². The Morgan fingerprint density at radius 3 is 2.44 bits per heavy atom. The lowest BCUT2D eigenvalue weighted by Crippen LogP contribution is -2.13. The maximum atomic E-state index is 14.1. The van der Waals surface area contributed by atoms with Gasteiger partial charge in [-0.25, -0.2) is 21.9 Å². The molecule has 10 heteroatoms. The summed E-state index contributed by atoms with van der Waals surface area (Å²) in [7, 11) is -3.30. The van der Waals surface area contributed by atoms with Gasteiger partial charge in [0.25, 0.3) is 0 Å². The number of H-pyrrole nitrogens is 1. The molecule has 3 aromatic rings. The van der Waals surface area contributed by atoms with Crippen molar-refractivity contribution in [1.29, 1.82) is 0 Å². The molecule has 0 aliphatic rings. The fourth-order valence-corrected chi connectivity index (χ4v) is 3.37. The fraction of sp³-hybridized carbons (Fsp3) is 0.294. The highest BCUT2D eigenvalue weighted by molar-refractivity contribution is 7.90. The van der Waals surface area contributed by atoms with E-state index in [2.05, 4.69) is 10.1 Å². The van der Waals surface area contributed by atoms with Crippen LogP contribution in [0.5, 0.6) is 5.75 Å². The first-order chi connectivity index (χ1) is 12.6. The summed E-state index contributed by atoms with van der Waals surface area (Å²) in [5, 5.41) is 14.6. The summed E-state index contributed by atoms with van der Waals surface area (Å²) in [6.45, 7) is 1.68. The quantitative estimate of drug-likeness (QED) is 0.685. The number of aromatic amines is 1. The van der Waals surface area contributed by atoms with Crippen molar-refractivity contribution >= 4 is 20.9 Å². The number of aromatic nitrogens is 3. The van der Waals surface area contributed by atoms with Crippen molar-refractivity contribution in [1.82, 2.24) is 14.8 Å². The number of halogens is 2. The van der Waals surface area contributed by atoms with E-state index in [4.69, 9.17) is 0 Å². The van der Waals surface area contributed by atoms with E-state index < -0.39 is 43.9 Å². The molecule has 2 N–H and O–H groups in total. The van der Waals surface area contributed by atoms with Gasteiger partial charge in [-0.2, -0.15) is 5.10 Å². The predicted octanol–water partition coefficient (Wildman–Crippen LogP) is 1.98. The monoisotopic (exact) mass is 397 g/mol. The number of fused-ring (bicyclic) bond motifs is 1. The van der Waals surface area contributed by atoms with Crippen molar-refractivity contribution in [2.75, 3.05) is 12.0 Å². The van der Waals surface area contributed by atoms with Crippen LogP contribution in [-0.4, -0.2) is 40.3 Å². The molecule has 0 saturated carbocycles. The molecule has 1 aromatic carbocycles. The van der Waals surface area contributed by atoms with E-state index in [0.717, 1.165) is 24.5 Å². The Morgan fingerprint density at radius 2 is 1.89 bits per heavy atom. The maximum absolute atomic E-state index is 14.1. The van der Waals surface area contributed by atoms with Crippen LogP contribution in [0.2, 0.25) is 0 Å². The van der Waals surface area contributed by atoms with E-state index in [1.54, 1.807) is 6.92 Å². The Labute approximate surface area is 153 Å². The van der Waals surface area contributed by atoms with Crippen LogP contribution in [0.3, 0.4) is 0 Å². The van der Waals surface area contributed by atoms with E-state index in [9.17, 15) is 27.1 Å². The second-order valence-electron chi connectivity index (χ2n) is 6.15. The Morgan fingerprint density at radius 1 is 1.26 bits per heavy atom. The topological polar surface area (TPSA) is 105 Å². The van der Waals surface area contributed by atoms with Crippen molar-refractivity contribution in [3.05, 3.63) is 45.8 Å². The van der Waals surface area contributed by atoms with Crippen LogP contribution in [0.25, 0.3) is 22.3 Å². The number of nitrogens with one attached hydrogen (secondary N) is 1. The Hall–Kier alpha value is -2.75. The highest BCUT2D eigenvalue weighted by Crippen LogP contribution is 2.31. The van der Waals surface area contributed by atoms with Crippen LogP contribution in [0.15, 0.2) is 23.0 Å². The number of aryl methyl sites for hydroxylation is 2. The molecule has 0 unspecified atom stereocenters. The number of hydrogen-bond donors (Lipinski definition) is 2. The average molecular weight is 397 g/mol. The standard InChI is InChI=1S/C17H17F2N3O4S/c1-3-11-13-15(23)16(24)14(12-9(18)5-4-6-10(12)19)20-17(13)22(21-11)7-8-27(2,25)26/h4-6,24H,3,7-8H2,1-2H3,(H,20,23). The third-order valence-electron chi connectivity index (χ3n) is 4.17. The zero-order valence-electron chi connectivity index (χ0n) is 14.6. The van der Waals surface area contributed by atoms with E-state index in [-0.39, 0.29) is 23.3 Å². The van der Waals surface area contributed by atoms with Crippen molar-refractivity contribution < 1.29 is 22.3 Å². The second kappa shape index (κ2) is 6.76. The van der Waals surface area contributed by atoms with Crippen molar-refractivity contribution in [3.63, 3.8) is 0 Å². The normalized spacial score (nSPS) is 12.0. The fourth-order valence-electron chi connectivity index (χ4n) is 2.87. The summed E-state index contributed by atoms with van der Waals surface area (Å²) in [6.07, 6.45) is 1.41. The first-order valence-corrected chi connectivity index (χ1v) is 10.2.